The van der Waals surface area contributed by atoms with Gasteiger partial charge in [-0.15, -0.1) is 11.3 Å². The minimum atomic E-state index is -0.271. The SMILES string of the molecule is CCC1(N2CCOCC2)CCC(Oc2ccnc3sc4c(c23)[C@@H](C[C@H](C)O)CC4)CC1. The van der Waals surface area contributed by atoms with Gasteiger partial charge in [-0.05, 0) is 75.8 Å². The third-order valence-electron chi connectivity index (χ3n) is 7.92. The second-order valence-corrected chi connectivity index (χ2v) is 10.8. The number of aromatic nitrogens is 1. The lowest BCUT2D eigenvalue weighted by Crippen LogP contribution is -2.55. The summed E-state index contributed by atoms with van der Waals surface area (Å²) in [5.74, 6) is 1.44. The number of hydrogen-bond donors (Lipinski definition) is 1. The minimum absolute atomic E-state index is 0.271. The monoisotopic (exact) mass is 444 g/mol. The van der Waals surface area contributed by atoms with Gasteiger partial charge in [0.25, 0.3) is 0 Å². The van der Waals surface area contributed by atoms with E-state index in [4.69, 9.17) is 9.47 Å². The van der Waals surface area contributed by atoms with Crippen LogP contribution in [0.2, 0.25) is 0 Å². The molecule has 5 nitrogen and oxygen atoms in total. The van der Waals surface area contributed by atoms with E-state index in [9.17, 15) is 5.11 Å². The van der Waals surface area contributed by atoms with Gasteiger partial charge in [0.1, 0.15) is 10.6 Å². The Morgan fingerprint density at radius 1 is 1.29 bits per heavy atom. The predicted octanol–water partition coefficient (Wildman–Crippen LogP) is 4.90. The topological polar surface area (TPSA) is 54.8 Å². The molecule has 0 bridgehead atoms. The van der Waals surface area contributed by atoms with Crippen molar-refractivity contribution in [3.05, 3.63) is 22.7 Å². The smallest absolute Gasteiger partial charge is 0.131 e. The minimum Gasteiger partial charge on any atom is -0.490 e. The van der Waals surface area contributed by atoms with E-state index < -0.39 is 0 Å². The van der Waals surface area contributed by atoms with Crippen molar-refractivity contribution in [2.24, 2.45) is 0 Å². The van der Waals surface area contributed by atoms with E-state index in [1.54, 1.807) is 0 Å². The van der Waals surface area contributed by atoms with Crippen molar-refractivity contribution in [1.82, 2.24) is 9.88 Å². The highest BCUT2D eigenvalue weighted by atomic mass is 32.1. The number of aliphatic hydroxyl groups excluding tert-OH is 1. The van der Waals surface area contributed by atoms with Crippen LogP contribution < -0.4 is 4.74 Å². The summed E-state index contributed by atoms with van der Waals surface area (Å²) in [5, 5.41) is 11.2. The van der Waals surface area contributed by atoms with Gasteiger partial charge in [-0.3, -0.25) is 4.90 Å². The molecule has 31 heavy (non-hydrogen) atoms. The first-order valence-electron chi connectivity index (χ1n) is 12.2. The van der Waals surface area contributed by atoms with Crippen LogP contribution in [-0.2, 0) is 11.2 Å². The average Bonchev–Trinajstić information content (AvgIpc) is 3.35. The van der Waals surface area contributed by atoms with Gasteiger partial charge in [-0.2, -0.15) is 0 Å². The highest BCUT2D eigenvalue weighted by Crippen LogP contribution is 2.48. The summed E-state index contributed by atoms with van der Waals surface area (Å²) in [4.78, 5) is 9.90. The molecule has 3 aliphatic rings. The first-order chi connectivity index (χ1) is 15.1. The fraction of sp³-hybridized carbons (Fsp3) is 0.720. The molecular weight excluding hydrogens is 408 g/mol. The molecule has 1 saturated heterocycles. The summed E-state index contributed by atoms with van der Waals surface area (Å²) < 4.78 is 12.3. The molecule has 0 aromatic carbocycles. The van der Waals surface area contributed by atoms with Crippen molar-refractivity contribution in [3.63, 3.8) is 0 Å². The Hall–Kier alpha value is -1.21. The van der Waals surface area contributed by atoms with Crippen molar-refractivity contribution in [2.75, 3.05) is 26.3 Å². The second-order valence-electron chi connectivity index (χ2n) is 9.74. The number of aliphatic hydroxyl groups is 1. The number of nitrogens with zero attached hydrogens (tertiary/aromatic N) is 2. The van der Waals surface area contributed by atoms with Crippen LogP contribution in [0.25, 0.3) is 10.2 Å². The molecule has 0 unspecified atom stereocenters. The number of rotatable bonds is 6. The Morgan fingerprint density at radius 3 is 2.77 bits per heavy atom. The molecule has 3 heterocycles. The maximum absolute atomic E-state index is 10.0. The van der Waals surface area contributed by atoms with Crippen LogP contribution in [0.1, 0.15) is 75.2 Å². The van der Waals surface area contributed by atoms with Crippen molar-refractivity contribution < 1.29 is 14.6 Å². The van der Waals surface area contributed by atoms with Crippen molar-refractivity contribution in [1.29, 1.82) is 0 Å². The number of thiophene rings is 1. The van der Waals surface area contributed by atoms with Crippen LogP contribution >= 0.6 is 11.3 Å². The van der Waals surface area contributed by atoms with Crippen molar-refractivity contribution in [3.8, 4) is 5.75 Å². The Morgan fingerprint density at radius 2 is 2.06 bits per heavy atom. The standard InChI is InChI=1S/C25H36N2O3S/c1-3-25(27-12-14-29-15-13-27)9-6-19(7-10-25)30-20-8-11-26-24-23(20)22-18(16-17(2)28)4-5-21(22)31-24/h8,11,17-19,28H,3-7,9-10,12-16H2,1-2H3/t17-,18+,19?,25?/m0/s1. The van der Waals surface area contributed by atoms with E-state index in [0.717, 1.165) is 69.0 Å². The summed E-state index contributed by atoms with van der Waals surface area (Å²) in [6.45, 7) is 8.12. The molecule has 1 saturated carbocycles. The number of aryl methyl sites for hydroxylation is 1. The molecular formula is C25H36N2O3S. The maximum Gasteiger partial charge on any atom is 0.131 e. The summed E-state index contributed by atoms with van der Waals surface area (Å²) in [5.41, 5.74) is 1.74. The molecule has 1 N–H and O–H groups in total. The van der Waals surface area contributed by atoms with Crippen LogP contribution in [0.5, 0.6) is 5.75 Å². The first kappa shape index (κ1) is 21.6. The first-order valence-corrected chi connectivity index (χ1v) is 13.0. The van der Waals surface area contributed by atoms with Crippen LogP contribution in [0.3, 0.4) is 0 Å². The summed E-state index contributed by atoms with van der Waals surface area (Å²) >= 11 is 1.82. The second kappa shape index (κ2) is 8.97. The van der Waals surface area contributed by atoms with E-state index in [2.05, 4.69) is 22.9 Å². The molecule has 0 spiro atoms. The van der Waals surface area contributed by atoms with Gasteiger partial charge in [-0.1, -0.05) is 6.92 Å². The van der Waals surface area contributed by atoms with Gasteiger partial charge < -0.3 is 14.6 Å². The Labute approximate surface area is 189 Å². The normalized spacial score (nSPS) is 30.4. The number of morpholine rings is 1. The number of pyridine rings is 1. The average molecular weight is 445 g/mol. The van der Waals surface area contributed by atoms with Gasteiger partial charge in [0.2, 0.25) is 0 Å². The lowest BCUT2D eigenvalue weighted by Gasteiger charge is -2.49. The van der Waals surface area contributed by atoms with Gasteiger partial charge >= 0.3 is 0 Å². The number of fused-ring (bicyclic) bond motifs is 3. The van der Waals surface area contributed by atoms with Gasteiger partial charge in [-0.25, -0.2) is 4.98 Å². The lowest BCUT2D eigenvalue weighted by atomic mass is 9.77. The zero-order valence-electron chi connectivity index (χ0n) is 18.9. The molecule has 0 amide bonds. The molecule has 2 fully saturated rings. The van der Waals surface area contributed by atoms with E-state index in [1.807, 2.05) is 24.5 Å². The molecule has 1 aliphatic heterocycles. The largest absolute Gasteiger partial charge is 0.490 e. The predicted molar refractivity (Wildman–Crippen MR) is 125 cm³/mol. The van der Waals surface area contributed by atoms with Crippen molar-refractivity contribution >= 4 is 21.6 Å². The van der Waals surface area contributed by atoms with Gasteiger partial charge in [0.05, 0.1) is 30.8 Å². The van der Waals surface area contributed by atoms with Crippen LogP contribution in [0.4, 0.5) is 0 Å². The fourth-order valence-corrected chi connectivity index (χ4v) is 7.49. The molecule has 2 aromatic heterocycles. The maximum atomic E-state index is 10.0. The van der Waals surface area contributed by atoms with E-state index in [1.165, 1.54) is 35.1 Å². The molecule has 2 atom stereocenters. The van der Waals surface area contributed by atoms with Crippen molar-refractivity contribution in [2.45, 2.75) is 88.9 Å². The molecule has 170 valence electrons. The number of ether oxygens (including phenoxy) is 2. The zero-order valence-corrected chi connectivity index (χ0v) is 19.8. The van der Waals surface area contributed by atoms with E-state index in [-0.39, 0.29) is 12.2 Å². The molecule has 6 heteroatoms. The highest BCUT2D eigenvalue weighted by Gasteiger charge is 2.40. The van der Waals surface area contributed by atoms with Crippen LogP contribution in [0, 0.1) is 0 Å². The van der Waals surface area contributed by atoms with E-state index >= 15 is 0 Å². The highest BCUT2D eigenvalue weighted by molar-refractivity contribution is 7.19. The summed E-state index contributed by atoms with van der Waals surface area (Å²) in [7, 11) is 0. The van der Waals surface area contributed by atoms with Crippen LogP contribution in [-0.4, -0.2) is 59.0 Å². The fourth-order valence-electron chi connectivity index (χ4n) is 6.23. The number of hydrogen-bond acceptors (Lipinski definition) is 6. The van der Waals surface area contributed by atoms with E-state index in [0.29, 0.717) is 11.5 Å². The summed E-state index contributed by atoms with van der Waals surface area (Å²) in [6.07, 6.45) is 10.8. The van der Waals surface area contributed by atoms with Crippen LogP contribution in [0.15, 0.2) is 12.3 Å². The van der Waals surface area contributed by atoms with Gasteiger partial charge in [0.15, 0.2) is 0 Å². The molecule has 2 aromatic rings. The molecule has 5 rings (SSSR count). The Balaban J connectivity index is 1.34. The summed E-state index contributed by atoms with van der Waals surface area (Å²) in [6, 6.07) is 2.07. The third-order valence-corrected chi connectivity index (χ3v) is 9.09. The zero-order chi connectivity index (χ0) is 21.4. The molecule has 0 radical (unpaired) electrons. The third kappa shape index (κ3) is 4.12. The Kier molecular flexibility index (Phi) is 6.26. The lowest BCUT2D eigenvalue weighted by molar-refractivity contribution is -0.0510. The van der Waals surface area contributed by atoms with Gasteiger partial charge in [0, 0.05) is 29.7 Å². The Bertz CT molecular complexity index is 898. The quantitative estimate of drug-likeness (QED) is 0.687. The molecule has 2 aliphatic carbocycles.